The first kappa shape index (κ1) is 14.0. The Labute approximate surface area is 116 Å². The molecular formula is C14H15NO5. The molecule has 1 fully saturated rings. The third-order valence-corrected chi connectivity index (χ3v) is 2.83. The molecular weight excluding hydrogens is 262 g/mol. The van der Waals surface area contributed by atoms with Crippen molar-refractivity contribution < 1.29 is 23.9 Å². The Bertz CT molecular complexity index is 540. The van der Waals surface area contributed by atoms with Crippen LogP contribution in [0.15, 0.2) is 24.3 Å². The lowest BCUT2D eigenvalue weighted by molar-refractivity contribution is -0.159. The fraction of sp³-hybridized carbons (Fsp3) is 0.357. The second-order valence-electron chi connectivity index (χ2n) is 4.49. The molecule has 1 heterocycles. The van der Waals surface area contributed by atoms with Gasteiger partial charge in [0.05, 0.1) is 6.61 Å². The predicted octanol–water partition coefficient (Wildman–Crippen LogP) is 0.584. The van der Waals surface area contributed by atoms with Crippen molar-refractivity contribution in [2.24, 2.45) is 0 Å². The third kappa shape index (κ3) is 3.57. The molecule has 0 aliphatic carbocycles. The van der Waals surface area contributed by atoms with Crippen LogP contribution < -0.4 is 5.32 Å². The number of aryl methyl sites for hydroxylation is 1. The Morgan fingerprint density at radius 3 is 2.90 bits per heavy atom. The molecule has 1 aliphatic rings. The van der Waals surface area contributed by atoms with E-state index in [0.29, 0.717) is 12.0 Å². The Hall–Kier alpha value is -2.37. The van der Waals surface area contributed by atoms with Crippen LogP contribution in [0.25, 0.3) is 0 Å². The molecule has 0 spiro atoms. The van der Waals surface area contributed by atoms with Crippen molar-refractivity contribution in [3.63, 3.8) is 0 Å². The van der Waals surface area contributed by atoms with Gasteiger partial charge in [0, 0.05) is 12.0 Å². The first-order chi connectivity index (χ1) is 9.56. The fourth-order valence-electron chi connectivity index (χ4n) is 1.83. The van der Waals surface area contributed by atoms with E-state index in [1.807, 2.05) is 13.0 Å². The molecule has 1 amide bonds. The van der Waals surface area contributed by atoms with Gasteiger partial charge in [-0.3, -0.25) is 9.59 Å². The minimum Gasteiger partial charge on any atom is -0.463 e. The lowest BCUT2D eigenvalue weighted by atomic mass is 10.1. The normalized spacial score (nSPS) is 17.4. The van der Waals surface area contributed by atoms with Crippen molar-refractivity contribution in [3.8, 4) is 0 Å². The molecule has 1 aromatic carbocycles. The first-order valence-electron chi connectivity index (χ1n) is 6.27. The van der Waals surface area contributed by atoms with Crippen LogP contribution in [0, 0.1) is 6.92 Å². The molecule has 0 radical (unpaired) electrons. The molecule has 20 heavy (non-hydrogen) atoms. The van der Waals surface area contributed by atoms with Crippen molar-refractivity contribution >= 4 is 17.8 Å². The number of amides is 1. The molecule has 1 N–H and O–H groups in total. The van der Waals surface area contributed by atoms with Crippen LogP contribution in [0.4, 0.5) is 0 Å². The minimum absolute atomic E-state index is 0.256. The summed E-state index contributed by atoms with van der Waals surface area (Å²) in [7, 11) is 0. The molecule has 0 saturated carbocycles. The van der Waals surface area contributed by atoms with Crippen LogP contribution in [-0.4, -0.2) is 37.1 Å². The van der Waals surface area contributed by atoms with Gasteiger partial charge >= 0.3 is 11.9 Å². The van der Waals surface area contributed by atoms with Crippen molar-refractivity contribution in [2.45, 2.75) is 19.4 Å². The Morgan fingerprint density at radius 1 is 1.45 bits per heavy atom. The average Bonchev–Trinajstić information content (AvgIpc) is 2.81. The summed E-state index contributed by atoms with van der Waals surface area (Å²) in [4.78, 5) is 34.4. The van der Waals surface area contributed by atoms with Crippen LogP contribution in [0.3, 0.4) is 0 Å². The lowest BCUT2D eigenvalue weighted by Crippen LogP contribution is -2.33. The van der Waals surface area contributed by atoms with E-state index < -0.39 is 18.0 Å². The number of rotatable bonds is 4. The number of ether oxygens (including phenoxy) is 2. The lowest BCUT2D eigenvalue weighted by Gasteiger charge is -2.09. The van der Waals surface area contributed by atoms with E-state index in [2.05, 4.69) is 10.1 Å². The van der Waals surface area contributed by atoms with Crippen molar-refractivity contribution in [1.82, 2.24) is 5.32 Å². The molecule has 2 rings (SSSR count). The van der Waals surface area contributed by atoms with Crippen molar-refractivity contribution in [3.05, 3.63) is 35.4 Å². The van der Waals surface area contributed by atoms with Crippen LogP contribution in [0.1, 0.15) is 22.3 Å². The van der Waals surface area contributed by atoms with Crippen LogP contribution in [-0.2, 0) is 19.1 Å². The van der Waals surface area contributed by atoms with Gasteiger partial charge in [0.1, 0.15) is 6.54 Å². The summed E-state index contributed by atoms with van der Waals surface area (Å²) in [6.07, 6.45) is -0.491. The van der Waals surface area contributed by atoms with Gasteiger partial charge in [-0.15, -0.1) is 0 Å². The van der Waals surface area contributed by atoms with E-state index in [-0.39, 0.29) is 19.1 Å². The molecule has 0 aromatic heterocycles. The van der Waals surface area contributed by atoms with E-state index in [4.69, 9.17) is 4.74 Å². The van der Waals surface area contributed by atoms with Crippen molar-refractivity contribution in [1.29, 1.82) is 0 Å². The Balaban J connectivity index is 1.81. The summed E-state index contributed by atoms with van der Waals surface area (Å²) in [6.45, 7) is 1.85. The monoisotopic (exact) mass is 277 g/mol. The third-order valence-electron chi connectivity index (χ3n) is 2.83. The molecule has 1 atom stereocenters. The average molecular weight is 277 g/mol. The number of nitrogens with one attached hydrogen (secondary N) is 1. The highest BCUT2D eigenvalue weighted by Crippen LogP contribution is 2.10. The van der Waals surface area contributed by atoms with Gasteiger partial charge in [-0.1, -0.05) is 17.7 Å². The molecule has 6 nitrogen and oxygen atoms in total. The number of benzene rings is 1. The van der Waals surface area contributed by atoms with Gasteiger partial charge in [-0.2, -0.15) is 0 Å². The summed E-state index contributed by atoms with van der Waals surface area (Å²) in [5, 5.41) is 2.45. The highest BCUT2D eigenvalue weighted by atomic mass is 16.6. The standard InChI is InChI=1S/C14H15NO5/c1-9-3-2-4-10(7-9)13(17)15-8-12(16)20-11-5-6-19-14(11)18/h2-4,7,11H,5-6,8H2,1H3,(H,15,17)/t11-/m0/s1. The molecule has 0 bridgehead atoms. The zero-order valence-corrected chi connectivity index (χ0v) is 11.0. The van der Waals surface area contributed by atoms with Gasteiger partial charge in [-0.25, -0.2) is 4.79 Å². The van der Waals surface area contributed by atoms with Gasteiger partial charge < -0.3 is 14.8 Å². The van der Waals surface area contributed by atoms with Gasteiger partial charge in [0.2, 0.25) is 6.10 Å². The summed E-state index contributed by atoms with van der Waals surface area (Å²) < 4.78 is 9.58. The van der Waals surface area contributed by atoms with Crippen molar-refractivity contribution in [2.75, 3.05) is 13.2 Å². The maximum Gasteiger partial charge on any atom is 0.347 e. The highest BCUT2D eigenvalue weighted by Gasteiger charge is 2.30. The summed E-state index contributed by atoms with van der Waals surface area (Å²) in [5.74, 6) is -1.56. The van der Waals surface area contributed by atoms with E-state index in [1.54, 1.807) is 18.2 Å². The zero-order valence-electron chi connectivity index (χ0n) is 11.0. The smallest absolute Gasteiger partial charge is 0.347 e. The number of carbonyl (C=O) groups excluding carboxylic acids is 3. The molecule has 0 unspecified atom stereocenters. The fourth-order valence-corrected chi connectivity index (χ4v) is 1.83. The SMILES string of the molecule is Cc1cccc(C(=O)NCC(=O)O[C@H]2CCOC2=O)c1. The number of esters is 2. The number of carbonyl (C=O) groups is 3. The summed E-state index contributed by atoms with van der Waals surface area (Å²) in [5.41, 5.74) is 1.42. The molecule has 6 heteroatoms. The highest BCUT2D eigenvalue weighted by molar-refractivity contribution is 5.96. The van der Waals surface area contributed by atoms with Gasteiger partial charge in [-0.05, 0) is 19.1 Å². The largest absolute Gasteiger partial charge is 0.463 e. The number of hydrogen-bond acceptors (Lipinski definition) is 5. The number of cyclic esters (lactones) is 1. The van der Waals surface area contributed by atoms with Crippen LogP contribution in [0.5, 0.6) is 0 Å². The predicted molar refractivity (Wildman–Crippen MR) is 69.0 cm³/mol. The van der Waals surface area contributed by atoms with E-state index >= 15 is 0 Å². The maximum absolute atomic E-state index is 11.8. The van der Waals surface area contributed by atoms with E-state index in [1.165, 1.54) is 0 Å². The number of hydrogen-bond donors (Lipinski definition) is 1. The molecule has 1 aromatic rings. The second-order valence-corrected chi connectivity index (χ2v) is 4.49. The second kappa shape index (κ2) is 6.18. The van der Waals surface area contributed by atoms with Crippen LogP contribution >= 0.6 is 0 Å². The van der Waals surface area contributed by atoms with E-state index in [0.717, 1.165) is 5.56 Å². The summed E-state index contributed by atoms with van der Waals surface area (Å²) >= 11 is 0. The maximum atomic E-state index is 11.8. The molecule has 1 saturated heterocycles. The first-order valence-corrected chi connectivity index (χ1v) is 6.27. The molecule has 106 valence electrons. The Kier molecular flexibility index (Phi) is 4.34. The topological polar surface area (TPSA) is 81.7 Å². The zero-order chi connectivity index (χ0) is 14.5. The quantitative estimate of drug-likeness (QED) is 0.814. The van der Waals surface area contributed by atoms with Gasteiger partial charge in [0.15, 0.2) is 0 Å². The molecule has 1 aliphatic heterocycles. The van der Waals surface area contributed by atoms with E-state index in [9.17, 15) is 14.4 Å². The van der Waals surface area contributed by atoms with Crippen LogP contribution in [0.2, 0.25) is 0 Å². The van der Waals surface area contributed by atoms with Gasteiger partial charge in [0.25, 0.3) is 5.91 Å². The Morgan fingerprint density at radius 2 is 2.25 bits per heavy atom. The minimum atomic E-state index is -0.849. The summed E-state index contributed by atoms with van der Waals surface area (Å²) in [6, 6.07) is 7.00.